The minimum atomic E-state index is -1.10. The van der Waals surface area contributed by atoms with Crippen LogP contribution in [0.2, 0.25) is 0 Å². The summed E-state index contributed by atoms with van der Waals surface area (Å²) in [6.45, 7) is 5.26. The summed E-state index contributed by atoms with van der Waals surface area (Å²) in [6, 6.07) is 4.26. The average molecular weight is 346 g/mol. The van der Waals surface area contributed by atoms with Gasteiger partial charge in [-0.1, -0.05) is 12.1 Å². The number of ether oxygens (including phenoxy) is 2. The van der Waals surface area contributed by atoms with Crippen molar-refractivity contribution in [1.29, 1.82) is 0 Å². The molecule has 0 unspecified atom stereocenters. The van der Waals surface area contributed by atoms with Crippen LogP contribution < -0.4 is 14.8 Å². The number of carbonyl (C=O) groups excluding carboxylic acids is 2. The lowest BCUT2D eigenvalue weighted by Crippen LogP contribution is -2.30. The van der Waals surface area contributed by atoms with Gasteiger partial charge in [-0.3, -0.25) is 9.69 Å². The van der Waals surface area contributed by atoms with Crippen LogP contribution in [-0.2, 0) is 9.59 Å². The number of nitrogens with one attached hydrogen (secondary N) is 1. The Morgan fingerprint density at radius 3 is 2.72 bits per heavy atom. The number of hydrogen-bond acceptors (Lipinski definition) is 5. The number of nitrogens with zero attached hydrogens (tertiary/aromatic N) is 1. The van der Waals surface area contributed by atoms with Crippen molar-refractivity contribution >= 4 is 24.0 Å². The van der Waals surface area contributed by atoms with E-state index in [0.717, 1.165) is 4.90 Å². The highest BCUT2D eigenvalue weighted by Crippen LogP contribution is 2.29. The summed E-state index contributed by atoms with van der Waals surface area (Å²) in [4.78, 5) is 35.6. The van der Waals surface area contributed by atoms with E-state index in [1.807, 2.05) is 0 Å². The van der Waals surface area contributed by atoms with Gasteiger partial charge in [0.15, 0.2) is 18.1 Å². The maximum atomic E-state index is 12.2. The summed E-state index contributed by atoms with van der Waals surface area (Å²) in [5.74, 6) is -0.927. The molecule has 1 heterocycles. The fourth-order valence-corrected chi connectivity index (χ4v) is 2.17. The normalized spacial score (nSPS) is 15.2. The van der Waals surface area contributed by atoms with Crippen LogP contribution in [0.1, 0.15) is 12.5 Å². The van der Waals surface area contributed by atoms with E-state index in [9.17, 15) is 14.4 Å². The first-order chi connectivity index (χ1) is 12.0. The second kappa shape index (κ2) is 8.00. The minimum absolute atomic E-state index is 0.119. The van der Waals surface area contributed by atoms with Crippen LogP contribution in [0, 0.1) is 0 Å². The number of rotatable bonds is 8. The number of carbonyl (C=O) groups is 3. The van der Waals surface area contributed by atoms with Crippen LogP contribution in [0.25, 0.3) is 6.08 Å². The number of benzene rings is 1. The predicted octanol–water partition coefficient (Wildman–Crippen LogP) is 1.63. The zero-order valence-electron chi connectivity index (χ0n) is 13.7. The molecule has 0 aliphatic carbocycles. The Morgan fingerprint density at radius 2 is 2.08 bits per heavy atom. The van der Waals surface area contributed by atoms with E-state index >= 15 is 0 Å². The molecule has 1 saturated heterocycles. The van der Waals surface area contributed by atoms with Gasteiger partial charge in [-0.05, 0) is 30.7 Å². The topological polar surface area (TPSA) is 105 Å². The van der Waals surface area contributed by atoms with Gasteiger partial charge in [-0.25, -0.2) is 9.59 Å². The predicted molar refractivity (Wildman–Crippen MR) is 89.2 cm³/mol. The third-order valence-corrected chi connectivity index (χ3v) is 3.20. The van der Waals surface area contributed by atoms with Gasteiger partial charge in [0.1, 0.15) is 5.70 Å². The quantitative estimate of drug-likeness (QED) is 0.421. The summed E-state index contributed by atoms with van der Waals surface area (Å²) in [5.41, 5.74) is 0.726. The molecule has 0 bridgehead atoms. The summed E-state index contributed by atoms with van der Waals surface area (Å²) >= 11 is 0. The molecule has 1 aliphatic heterocycles. The largest absolute Gasteiger partial charge is 0.490 e. The maximum absolute atomic E-state index is 12.2. The maximum Gasteiger partial charge on any atom is 0.341 e. The third-order valence-electron chi connectivity index (χ3n) is 3.20. The average Bonchev–Trinajstić information content (AvgIpc) is 2.82. The van der Waals surface area contributed by atoms with Crippen LogP contribution in [0.3, 0.4) is 0 Å². The minimum Gasteiger partial charge on any atom is -0.490 e. The summed E-state index contributed by atoms with van der Waals surface area (Å²) in [6.07, 6.45) is 2.97. The van der Waals surface area contributed by atoms with Crippen molar-refractivity contribution in [3.8, 4) is 11.5 Å². The molecule has 0 atom stereocenters. The Morgan fingerprint density at radius 1 is 1.32 bits per heavy atom. The fraction of sp³-hybridized carbons (Fsp3) is 0.235. The van der Waals surface area contributed by atoms with Crippen molar-refractivity contribution < 1.29 is 29.0 Å². The van der Waals surface area contributed by atoms with Crippen LogP contribution in [-0.4, -0.2) is 47.7 Å². The first-order valence-electron chi connectivity index (χ1n) is 7.53. The molecule has 0 aromatic heterocycles. The van der Waals surface area contributed by atoms with Crippen molar-refractivity contribution in [1.82, 2.24) is 10.2 Å². The molecule has 25 heavy (non-hydrogen) atoms. The number of imide groups is 1. The molecule has 0 spiro atoms. The van der Waals surface area contributed by atoms with Crippen LogP contribution >= 0.6 is 0 Å². The van der Waals surface area contributed by atoms with Crippen molar-refractivity contribution in [2.45, 2.75) is 6.92 Å². The van der Waals surface area contributed by atoms with Crippen molar-refractivity contribution in [3.05, 3.63) is 42.1 Å². The first-order valence-corrected chi connectivity index (χ1v) is 7.53. The zero-order chi connectivity index (χ0) is 18.4. The lowest BCUT2D eigenvalue weighted by Gasteiger charge is -2.11. The van der Waals surface area contributed by atoms with Crippen molar-refractivity contribution in [3.63, 3.8) is 0 Å². The summed E-state index contributed by atoms with van der Waals surface area (Å²) in [5, 5.41) is 11.2. The van der Waals surface area contributed by atoms with Gasteiger partial charge in [0.2, 0.25) is 0 Å². The smallest absolute Gasteiger partial charge is 0.341 e. The standard InChI is InChI=1S/C17H18N2O6/c1-3-7-19-16(22)12(18-17(19)23)8-11-5-6-13(25-10-15(20)21)14(9-11)24-4-2/h3,5-6,8-9H,1,4,7,10H2,2H3,(H,18,23)(H,20,21)/b12-8+. The highest BCUT2D eigenvalue weighted by atomic mass is 16.5. The van der Waals surface area contributed by atoms with Gasteiger partial charge in [-0.15, -0.1) is 6.58 Å². The lowest BCUT2D eigenvalue weighted by atomic mass is 10.1. The van der Waals surface area contributed by atoms with E-state index in [1.54, 1.807) is 25.1 Å². The molecule has 1 fully saturated rings. The van der Waals surface area contributed by atoms with Gasteiger partial charge in [-0.2, -0.15) is 0 Å². The SMILES string of the molecule is C=CCN1C(=O)N/C(=C/c2ccc(OCC(=O)O)c(OCC)c2)C1=O. The lowest BCUT2D eigenvalue weighted by molar-refractivity contribution is -0.139. The van der Waals surface area contributed by atoms with E-state index in [1.165, 1.54) is 12.2 Å². The Bertz CT molecular complexity index is 741. The zero-order valence-corrected chi connectivity index (χ0v) is 13.7. The molecule has 132 valence electrons. The van der Waals surface area contributed by atoms with E-state index in [-0.39, 0.29) is 18.0 Å². The molecule has 1 aromatic rings. The van der Waals surface area contributed by atoms with E-state index < -0.39 is 24.5 Å². The van der Waals surface area contributed by atoms with E-state index in [2.05, 4.69) is 11.9 Å². The Balaban J connectivity index is 2.26. The summed E-state index contributed by atoms with van der Waals surface area (Å²) < 4.78 is 10.6. The highest BCUT2D eigenvalue weighted by molar-refractivity contribution is 6.14. The van der Waals surface area contributed by atoms with Crippen LogP contribution in [0.5, 0.6) is 11.5 Å². The molecule has 0 saturated carbocycles. The first kappa shape index (κ1) is 18.1. The van der Waals surface area contributed by atoms with Crippen molar-refractivity contribution in [2.24, 2.45) is 0 Å². The van der Waals surface area contributed by atoms with Crippen LogP contribution in [0.4, 0.5) is 4.79 Å². The number of amides is 3. The monoisotopic (exact) mass is 346 g/mol. The molecular formula is C17H18N2O6. The highest BCUT2D eigenvalue weighted by Gasteiger charge is 2.32. The number of carboxylic acids is 1. The van der Waals surface area contributed by atoms with Gasteiger partial charge in [0.05, 0.1) is 6.61 Å². The molecule has 1 aromatic carbocycles. The van der Waals surface area contributed by atoms with Gasteiger partial charge >= 0.3 is 12.0 Å². The van der Waals surface area contributed by atoms with Gasteiger partial charge < -0.3 is 19.9 Å². The Labute approximate surface area is 144 Å². The second-order valence-corrected chi connectivity index (χ2v) is 5.01. The molecule has 8 heteroatoms. The molecule has 3 amide bonds. The van der Waals surface area contributed by atoms with E-state index in [4.69, 9.17) is 14.6 Å². The summed E-state index contributed by atoms with van der Waals surface area (Å²) in [7, 11) is 0. The van der Waals surface area contributed by atoms with E-state index in [0.29, 0.717) is 17.9 Å². The Hall–Kier alpha value is -3.29. The van der Waals surface area contributed by atoms with Gasteiger partial charge in [0.25, 0.3) is 5.91 Å². The van der Waals surface area contributed by atoms with Crippen molar-refractivity contribution in [2.75, 3.05) is 19.8 Å². The van der Waals surface area contributed by atoms with Gasteiger partial charge in [0, 0.05) is 6.54 Å². The fourth-order valence-electron chi connectivity index (χ4n) is 2.17. The van der Waals surface area contributed by atoms with Crippen LogP contribution in [0.15, 0.2) is 36.6 Å². The third kappa shape index (κ3) is 4.37. The molecular weight excluding hydrogens is 328 g/mol. The molecule has 8 nitrogen and oxygen atoms in total. The molecule has 2 rings (SSSR count). The molecule has 2 N–H and O–H groups in total. The Kier molecular flexibility index (Phi) is 5.78. The second-order valence-electron chi connectivity index (χ2n) is 5.01. The molecule has 0 radical (unpaired) electrons. The number of hydrogen-bond donors (Lipinski definition) is 2. The molecule has 1 aliphatic rings. The number of urea groups is 1. The number of carboxylic acid groups (broad SMARTS) is 1. The number of aliphatic carboxylic acids is 1.